The molecule has 2 aromatic rings. The van der Waals surface area contributed by atoms with Crippen LogP contribution in [0.2, 0.25) is 0 Å². The molecule has 1 unspecified atom stereocenters. The van der Waals surface area contributed by atoms with Crippen LogP contribution in [-0.2, 0) is 12.8 Å². The van der Waals surface area contributed by atoms with E-state index in [0.29, 0.717) is 6.04 Å². The summed E-state index contributed by atoms with van der Waals surface area (Å²) in [5.74, 6) is 0.999. The Morgan fingerprint density at radius 1 is 0.923 bits per heavy atom. The van der Waals surface area contributed by atoms with E-state index in [1.54, 1.807) is 0 Å². The molecule has 0 saturated heterocycles. The number of nitrogens with one attached hydrogen (secondary N) is 1. The standard InChI is InChI=1S/C24H33NO/c1-2-3-4-5-6-9-18-26-22-14-12-20(13-15-22)19-24-23-11-8-7-10-21(23)16-17-25-24/h7-8,10-15,24-25H,2-6,9,16-19H2,1H3. The molecule has 140 valence electrons. The average molecular weight is 352 g/mol. The minimum atomic E-state index is 0.426. The zero-order chi connectivity index (χ0) is 18.0. The Labute approximate surface area is 159 Å². The molecule has 0 aromatic heterocycles. The number of benzene rings is 2. The summed E-state index contributed by atoms with van der Waals surface area (Å²) in [6.45, 7) is 4.17. The first-order chi connectivity index (χ1) is 12.9. The Kier molecular flexibility index (Phi) is 7.57. The van der Waals surface area contributed by atoms with Crippen LogP contribution in [-0.4, -0.2) is 13.2 Å². The van der Waals surface area contributed by atoms with Gasteiger partial charge in [-0.15, -0.1) is 0 Å². The summed E-state index contributed by atoms with van der Waals surface area (Å²) >= 11 is 0. The third-order valence-corrected chi connectivity index (χ3v) is 5.35. The van der Waals surface area contributed by atoms with Crippen molar-refractivity contribution in [2.75, 3.05) is 13.2 Å². The summed E-state index contributed by atoms with van der Waals surface area (Å²) in [5.41, 5.74) is 4.32. The smallest absolute Gasteiger partial charge is 0.119 e. The van der Waals surface area contributed by atoms with Crippen molar-refractivity contribution in [2.45, 2.75) is 64.3 Å². The van der Waals surface area contributed by atoms with Crippen LogP contribution in [0, 0.1) is 0 Å². The second-order valence-electron chi connectivity index (χ2n) is 7.42. The molecular formula is C24H33NO. The third-order valence-electron chi connectivity index (χ3n) is 5.35. The molecule has 1 aliphatic rings. The predicted octanol–water partition coefficient (Wildman–Crippen LogP) is 5.86. The van der Waals surface area contributed by atoms with Crippen LogP contribution in [0.4, 0.5) is 0 Å². The lowest BCUT2D eigenvalue weighted by molar-refractivity contribution is 0.304. The van der Waals surface area contributed by atoms with E-state index in [0.717, 1.165) is 38.2 Å². The van der Waals surface area contributed by atoms with Gasteiger partial charge in [0.1, 0.15) is 5.75 Å². The minimum absolute atomic E-state index is 0.426. The number of fused-ring (bicyclic) bond motifs is 1. The molecule has 0 saturated carbocycles. The molecule has 0 amide bonds. The molecule has 1 heterocycles. The van der Waals surface area contributed by atoms with Crippen LogP contribution in [0.1, 0.15) is 68.2 Å². The fourth-order valence-corrected chi connectivity index (χ4v) is 3.80. The summed E-state index contributed by atoms with van der Waals surface area (Å²) in [6, 6.07) is 17.9. The van der Waals surface area contributed by atoms with Gasteiger partial charge < -0.3 is 10.1 Å². The fraction of sp³-hybridized carbons (Fsp3) is 0.500. The molecule has 1 N–H and O–H groups in total. The first kappa shape index (κ1) is 19.0. The number of hydrogen-bond donors (Lipinski definition) is 1. The Balaban J connectivity index is 1.44. The summed E-state index contributed by atoms with van der Waals surface area (Å²) in [5, 5.41) is 3.67. The van der Waals surface area contributed by atoms with Crippen molar-refractivity contribution in [2.24, 2.45) is 0 Å². The van der Waals surface area contributed by atoms with Gasteiger partial charge in [0.05, 0.1) is 6.61 Å². The molecule has 3 rings (SSSR count). The molecule has 26 heavy (non-hydrogen) atoms. The van der Waals surface area contributed by atoms with Crippen molar-refractivity contribution in [3.63, 3.8) is 0 Å². The van der Waals surface area contributed by atoms with Gasteiger partial charge in [-0.25, -0.2) is 0 Å². The van der Waals surface area contributed by atoms with Gasteiger partial charge in [-0.1, -0.05) is 75.4 Å². The summed E-state index contributed by atoms with van der Waals surface area (Å²) in [4.78, 5) is 0. The highest BCUT2D eigenvalue weighted by molar-refractivity contribution is 5.35. The topological polar surface area (TPSA) is 21.3 Å². The third kappa shape index (κ3) is 5.60. The molecule has 0 bridgehead atoms. The van der Waals surface area contributed by atoms with Crippen molar-refractivity contribution in [3.8, 4) is 5.75 Å². The van der Waals surface area contributed by atoms with Crippen LogP contribution in [0.5, 0.6) is 5.75 Å². The SMILES string of the molecule is CCCCCCCCOc1ccc(CC2NCCc3ccccc32)cc1. The highest BCUT2D eigenvalue weighted by atomic mass is 16.5. The van der Waals surface area contributed by atoms with Crippen LogP contribution in [0.3, 0.4) is 0 Å². The van der Waals surface area contributed by atoms with Gasteiger partial charge in [-0.05, 0) is 54.6 Å². The van der Waals surface area contributed by atoms with Gasteiger partial charge in [-0.3, -0.25) is 0 Å². The van der Waals surface area contributed by atoms with Gasteiger partial charge in [0, 0.05) is 6.04 Å². The van der Waals surface area contributed by atoms with E-state index in [9.17, 15) is 0 Å². The van der Waals surface area contributed by atoms with Crippen LogP contribution >= 0.6 is 0 Å². The first-order valence-corrected chi connectivity index (χ1v) is 10.4. The average Bonchev–Trinajstić information content (AvgIpc) is 2.69. The van der Waals surface area contributed by atoms with E-state index in [4.69, 9.17) is 4.74 Å². The van der Waals surface area contributed by atoms with Crippen LogP contribution < -0.4 is 10.1 Å². The van der Waals surface area contributed by atoms with E-state index in [1.807, 2.05) is 0 Å². The monoisotopic (exact) mass is 351 g/mol. The van der Waals surface area contributed by atoms with Gasteiger partial charge in [0.15, 0.2) is 0 Å². The molecule has 1 aliphatic heterocycles. The normalized spacial score (nSPS) is 16.3. The van der Waals surface area contributed by atoms with Crippen molar-refractivity contribution in [3.05, 3.63) is 65.2 Å². The Bertz CT molecular complexity index is 650. The molecule has 0 fully saturated rings. The molecule has 2 nitrogen and oxygen atoms in total. The Morgan fingerprint density at radius 2 is 1.69 bits per heavy atom. The molecule has 1 atom stereocenters. The van der Waals surface area contributed by atoms with E-state index in [2.05, 4.69) is 60.8 Å². The number of unbranched alkanes of at least 4 members (excludes halogenated alkanes) is 5. The Hall–Kier alpha value is -1.80. The number of ether oxygens (including phenoxy) is 1. The second-order valence-corrected chi connectivity index (χ2v) is 7.42. The zero-order valence-corrected chi connectivity index (χ0v) is 16.2. The van der Waals surface area contributed by atoms with Crippen LogP contribution in [0.25, 0.3) is 0 Å². The lowest BCUT2D eigenvalue weighted by atomic mass is 9.90. The molecule has 0 spiro atoms. The number of rotatable bonds is 10. The zero-order valence-electron chi connectivity index (χ0n) is 16.2. The number of hydrogen-bond acceptors (Lipinski definition) is 2. The maximum atomic E-state index is 5.90. The lowest BCUT2D eigenvalue weighted by Crippen LogP contribution is -2.31. The highest BCUT2D eigenvalue weighted by Gasteiger charge is 2.19. The summed E-state index contributed by atoms with van der Waals surface area (Å²) in [7, 11) is 0. The van der Waals surface area contributed by atoms with Crippen molar-refractivity contribution in [1.82, 2.24) is 5.32 Å². The second kappa shape index (κ2) is 10.4. The maximum Gasteiger partial charge on any atom is 0.119 e. The maximum absolute atomic E-state index is 5.90. The van der Waals surface area contributed by atoms with E-state index in [-0.39, 0.29) is 0 Å². The predicted molar refractivity (Wildman–Crippen MR) is 110 cm³/mol. The molecule has 2 heteroatoms. The van der Waals surface area contributed by atoms with Crippen molar-refractivity contribution < 1.29 is 4.74 Å². The summed E-state index contributed by atoms with van der Waals surface area (Å²) < 4.78 is 5.90. The summed E-state index contributed by atoms with van der Waals surface area (Å²) in [6.07, 6.45) is 9.99. The molecule has 2 aromatic carbocycles. The van der Waals surface area contributed by atoms with Gasteiger partial charge in [0.2, 0.25) is 0 Å². The lowest BCUT2D eigenvalue weighted by Gasteiger charge is -2.27. The van der Waals surface area contributed by atoms with Gasteiger partial charge in [0.25, 0.3) is 0 Å². The van der Waals surface area contributed by atoms with E-state index in [1.165, 1.54) is 48.8 Å². The molecule has 0 aliphatic carbocycles. The van der Waals surface area contributed by atoms with E-state index >= 15 is 0 Å². The molecular weight excluding hydrogens is 318 g/mol. The highest BCUT2D eigenvalue weighted by Crippen LogP contribution is 2.26. The van der Waals surface area contributed by atoms with Crippen LogP contribution in [0.15, 0.2) is 48.5 Å². The minimum Gasteiger partial charge on any atom is -0.494 e. The largest absolute Gasteiger partial charge is 0.494 e. The van der Waals surface area contributed by atoms with Gasteiger partial charge in [-0.2, -0.15) is 0 Å². The van der Waals surface area contributed by atoms with E-state index < -0.39 is 0 Å². The molecule has 0 radical (unpaired) electrons. The quantitative estimate of drug-likeness (QED) is 0.542. The van der Waals surface area contributed by atoms with Crippen molar-refractivity contribution >= 4 is 0 Å². The van der Waals surface area contributed by atoms with Crippen molar-refractivity contribution in [1.29, 1.82) is 0 Å². The van der Waals surface area contributed by atoms with Gasteiger partial charge >= 0.3 is 0 Å². The first-order valence-electron chi connectivity index (χ1n) is 10.4. The Morgan fingerprint density at radius 3 is 2.54 bits per heavy atom. The fourth-order valence-electron chi connectivity index (χ4n) is 3.80.